The van der Waals surface area contributed by atoms with E-state index in [9.17, 15) is 22.4 Å². The van der Waals surface area contributed by atoms with E-state index in [1.807, 2.05) is 0 Å². The van der Waals surface area contributed by atoms with Gasteiger partial charge in [-0.2, -0.15) is 10.2 Å². The van der Waals surface area contributed by atoms with Crippen molar-refractivity contribution in [3.8, 4) is 11.3 Å². The SMILES string of the molecule is C[C@H]1c2nn(C)c(-c3cc(F)c(F)c(F)c3)c2CCN1C(=O)c1n[nH]c2cccc(F)c12. The Balaban J connectivity index is 1.54. The van der Waals surface area contributed by atoms with Crippen LogP contribution in [-0.4, -0.2) is 37.3 Å². The van der Waals surface area contributed by atoms with E-state index in [4.69, 9.17) is 0 Å². The summed E-state index contributed by atoms with van der Waals surface area (Å²) in [6, 6.07) is 5.77. The highest BCUT2D eigenvalue weighted by Gasteiger charge is 2.35. The van der Waals surface area contributed by atoms with Crippen LogP contribution in [0.3, 0.4) is 0 Å². The van der Waals surface area contributed by atoms with Crippen molar-refractivity contribution in [1.29, 1.82) is 0 Å². The van der Waals surface area contributed by atoms with Crippen molar-refractivity contribution in [1.82, 2.24) is 24.9 Å². The number of aromatic amines is 1. The van der Waals surface area contributed by atoms with Crippen molar-refractivity contribution in [2.24, 2.45) is 7.05 Å². The lowest BCUT2D eigenvalue weighted by atomic mass is 9.95. The Hall–Kier alpha value is -3.69. The Morgan fingerprint density at radius 2 is 1.84 bits per heavy atom. The van der Waals surface area contributed by atoms with Gasteiger partial charge in [-0.25, -0.2) is 17.6 Å². The van der Waals surface area contributed by atoms with Gasteiger partial charge in [-0.05, 0) is 37.6 Å². The van der Waals surface area contributed by atoms with Crippen LogP contribution in [0.1, 0.15) is 34.7 Å². The summed E-state index contributed by atoms with van der Waals surface area (Å²) in [5.41, 5.74) is 2.27. The van der Waals surface area contributed by atoms with E-state index in [2.05, 4.69) is 15.3 Å². The number of benzene rings is 2. The zero-order valence-corrected chi connectivity index (χ0v) is 17.1. The summed E-state index contributed by atoms with van der Waals surface area (Å²) >= 11 is 0. The molecule has 0 bridgehead atoms. The maximum Gasteiger partial charge on any atom is 0.275 e. The van der Waals surface area contributed by atoms with Crippen molar-refractivity contribution in [2.75, 3.05) is 6.54 Å². The van der Waals surface area contributed by atoms with Crippen LogP contribution >= 0.6 is 0 Å². The summed E-state index contributed by atoms with van der Waals surface area (Å²) in [5, 5.41) is 11.3. The molecule has 0 aliphatic carbocycles. The molecule has 0 radical (unpaired) electrons. The molecule has 6 nitrogen and oxygen atoms in total. The summed E-state index contributed by atoms with van der Waals surface area (Å²) in [6.07, 6.45) is 0.347. The van der Waals surface area contributed by atoms with Crippen LogP contribution in [-0.2, 0) is 13.5 Å². The molecule has 164 valence electrons. The monoisotopic (exact) mass is 443 g/mol. The Kier molecular flexibility index (Phi) is 4.54. The van der Waals surface area contributed by atoms with Crippen LogP contribution in [0.15, 0.2) is 30.3 Å². The van der Waals surface area contributed by atoms with Crippen molar-refractivity contribution in [3.63, 3.8) is 0 Å². The normalized spacial score (nSPS) is 15.9. The molecule has 1 amide bonds. The van der Waals surface area contributed by atoms with Gasteiger partial charge in [-0.1, -0.05) is 6.07 Å². The first-order chi connectivity index (χ1) is 15.3. The van der Waals surface area contributed by atoms with Crippen LogP contribution in [0.2, 0.25) is 0 Å². The van der Waals surface area contributed by atoms with Gasteiger partial charge in [-0.3, -0.25) is 14.6 Å². The molecule has 2 aromatic heterocycles. The van der Waals surface area contributed by atoms with Crippen LogP contribution in [0.25, 0.3) is 22.2 Å². The van der Waals surface area contributed by atoms with E-state index >= 15 is 0 Å². The maximum atomic E-state index is 14.3. The molecule has 0 saturated carbocycles. The Bertz CT molecular complexity index is 1370. The standard InChI is InChI=1S/C22H17F4N5O/c1-10-19-12(21(30(2)29-19)11-8-14(24)18(26)15(25)9-11)6-7-31(10)22(32)20-17-13(23)4-3-5-16(17)27-28-20/h3-5,8-10H,6-7H2,1-2H3,(H,27,28)/t10-/m0/s1. The van der Waals surface area contributed by atoms with Gasteiger partial charge in [0.1, 0.15) is 5.82 Å². The fourth-order valence-electron chi connectivity index (χ4n) is 4.40. The molecule has 1 atom stereocenters. The highest BCUT2D eigenvalue weighted by molar-refractivity contribution is 6.05. The number of hydrogen-bond donors (Lipinski definition) is 1. The molecule has 0 fully saturated rings. The largest absolute Gasteiger partial charge is 0.328 e. The molecule has 32 heavy (non-hydrogen) atoms. The molecule has 0 spiro atoms. The summed E-state index contributed by atoms with van der Waals surface area (Å²) in [6.45, 7) is 2.03. The molecule has 1 aliphatic rings. The quantitative estimate of drug-likeness (QED) is 0.372. The predicted molar refractivity (Wildman–Crippen MR) is 108 cm³/mol. The molecule has 0 saturated heterocycles. The highest BCUT2D eigenvalue weighted by Crippen LogP contribution is 2.37. The molecular formula is C22H17F4N5O. The van der Waals surface area contributed by atoms with Gasteiger partial charge in [0.25, 0.3) is 5.91 Å². The first-order valence-electron chi connectivity index (χ1n) is 9.92. The van der Waals surface area contributed by atoms with Gasteiger partial charge in [0.05, 0.1) is 28.3 Å². The number of halogens is 4. The predicted octanol–water partition coefficient (Wildman–Crippen LogP) is 4.28. The van der Waals surface area contributed by atoms with Crippen LogP contribution in [0.4, 0.5) is 17.6 Å². The molecule has 1 N–H and O–H groups in total. The van der Waals surface area contributed by atoms with Gasteiger partial charge in [0.2, 0.25) is 0 Å². The number of aryl methyl sites for hydroxylation is 1. The average molecular weight is 443 g/mol. The number of fused-ring (bicyclic) bond motifs is 2. The number of amides is 1. The van der Waals surface area contributed by atoms with Crippen LogP contribution in [0.5, 0.6) is 0 Å². The van der Waals surface area contributed by atoms with E-state index in [-0.39, 0.29) is 23.2 Å². The third kappa shape index (κ3) is 2.89. The Labute approximate surface area is 179 Å². The molecule has 0 unspecified atom stereocenters. The van der Waals surface area contributed by atoms with Crippen LogP contribution in [0, 0.1) is 23.3 Å². The minimum absolute atomic E-state index is 0.0211. The molecule has 1 aliphatic heterocycles. The summed E-state index contributed by atoms with van der Waals surface area (Å²) in [4.78, 5) is 14.8. The van der Waals surface area contributed by atoms with E-state index in [0.717, 1.165) is 12.1 Å². The van der Waals surface area contributed by atoms with Crippen molar-refractivity contribution >= 4 is 16.8 Å². The number of nitrogens with one attached hydrogen (secondary N) is 1. The smallest absolute Gasteiger partial charge is 0.275 e. The first kappa shape index (κ1) is 20.2. The van der Waals surface area contributed by atoms with Gasteiger partial charge >= 0.3 is 0 Å². The maximum absolute atomic E-state index is 14.3. The lowest BCUT2D eigenvalue weighted by Crippen LogP contribution is -2.39. The second-order valence-electron chi connectivity index (χ2n) is 7.75. The van der Waals surface area contributed by atoms with Gasteiger partial charge in [-0.15, -0.1) is 0 Å². The van der Waals surface area contributed by atoms with E-state index < -0.39 is 35.2 Å². The highest BCUT2D eigenvalue weighted by atomic mass is 19.2. The summed E-state index contributed by atoms with van der Waals surface area (Å²) in [5.74, 6) is -5.12. The van der Waals surface area contributed by atoms with Crippen LogP contribution < -0.4 is 0 Å². The topological polar surface area (TPSA) is 66.8 Å². The number of rotatable bonds is 2. The van der Waals surface area contributed by atoms with E-state index in [0.29, 0.717) is 28.9 Å². The number of aromatic nitrogens is 4. The Morgan fingerprint density at radius 3 is 2.56 bits per heavy atom. The molecule has 5 rings (SSSR count). The second-order valence-corrected chi connectivity index (χ2v) is 7.75. The zero-order chi connectivity index (χ0) is 22.7. The van der Waals surface area contributed by atoms with Crippen molar-refractivity contribution in [2.45, 2.75) is 19.4 Å². The fraction of sp³-hybridized carbons (Fsp3) is 0.227. The third-order valence-electron chi connectivity index (χ3n) is 5.90. The number of nitrogens with zero attached hydrogens (tertiary/aromatic N) is 4. The van der Waals surface area contributed by atoms with E-state index in [1.165, 1.54) is 21.7 Å². The average Bonchev–Trinajstić information content (AvgIpc) is 3.34. The second kappa shape index (κ2) is 7.18. The minimum Gasteiger partial charge on any atom is -0.328 e. The number of carbonyl (C=O) groups excluding carboxylic acids is 1. The molecule has 3 heterocycles. The van der Waals surface area contributed by atoms with Gasteiger partial charge in [0.15, 0.2) is 23.1 Å². The first-order valence-corrected chi connectivity index (χ1v) is 9.92. The lowest BCUT2D eigenvalue weighted by Gasteiger charge is -2.32. The molecular weight excluding hydrogens is 426 g/mol. The number of carbonyl (C=O) groups is 1. The van der Waals surface area contributed by atoms with E-state index in [1.54, 1.807) is 20.0 Å². The van der Waals surface area contributed by atoms with Gasteiger partial charge < -0.3 is 4.90 Å². The fourth-order valence-corrected chi connectivity index (χ4v) is 4.40. The molecule has 2 aromatic carbocycles. The Morgan fingerprint density at radius 1 is 1.12 bits per heavy atom. The number of hydrogen-bond acceptors (Lipinski definition) is 3. The minimum atomic E-state index is -1.53. The third-order valence-corrected chi connectivity index (χ3v) is 5.90. The summed E-state index contributed by atoms with van der Waals surface area (Å²) < 4.78 is 56.9. The van der Waals surface area contributed by atoms with Crippen molar-refractivity contribution < 1.29 is 22.4 Å². The summed E-state index contributed by atoms with van der Waals surface area (Å²) in [7, 11) is 1.61. The lowest BCUT2D eigenvalue weighted by molar-refractivity contribution is 0.0669. The zero-order valence-electron chi connectivity index (χ0n) is 17.1. The van der Waals surface area contributed by atoms with Gasteiger partial charge in [0, 0.05) is 24.7 Å². The molecule has 10 heteroatoms. The molecule has 4 aromatic rings. The number of H-pyrrole nitrogens is 1. The van der Waals surface area contributed by atoms with Crippen molar-refractivity contribution in [3.05, 3.63) is 70.6 Å².